The second-order valence-electron chi connectivity index (χ2n) is 6.22. The SMILES string of the molecule is CN(C)CC(C)(C)CN1C(=O)CNC1c1cccs1. The molecule has 1 aliphatic heterocycles. The summed E-state index contributed by atoms with van der Waals surface area (Å²) >= 11 is 1.70. The van der Waals surface area contributed by atoms with Crippen molar-refractivity contribution in [3.8, 4) is 0 Å². The van der Waals surface area contributed by atoms with E-state index in [0.717, 1.165) is 13.1 Å². The summed E-state index contributed by atoms with van der Waals surface area (Å²) in [5.74, 6) is 0.199. The molecule has 1 aromatic heterocycles. The molecule has 1 aliphatic rings. The first-order valence-corrected chi connectivity index (χ1v) is 7.48. The minimum Gasteiger partial charge on any atom is -0.320 e. The normalized spacial score (nSPS) is 20.6. The Morgan fingerprint density at radius 1 is 1.53 bits per heavy atom. The highest BCUT2D eigenvalue weighted by Crippen LogP contribution is 2.29. The second kappa shape index (κ2) is 5.61. The molecule has 0 aliphatic carbocycles. The molecule has 0 aromatic carbocycles. The lowest BCUT2D eigenvalue weighted by atomic mass is 9.92. The summed E-state index contributed by atoms with van der Waals surface area (Å²) in [6.45, 7) is 6.61. The van der Waals surface area contributed by atoms with Gasteiger partial charge < -0.3 is 9.80 Å². The first-order chi connectivity index (χ1) is 8.89. The zero-order valence-corrected chi connectivity index (χ0v) is 13.0. The van der Waals surface area contributed by atoms with E-state index in [2.05, 4.69) is 49.6 Å². The molecule has 1 saturated heterocycles. The highest BCUT2D eigenvalue weighted by Gasteiger charge is 2.36. The Balaban J connectivity index is 2.10. The van der Waals surface area contributed by atoms with Crippen molar-refractivity contribution < 1.29 is 4.79 Å². The smallest absolute Gasteiger partial charge is 0.238 e. The average molecular weight is 281 g/mol. The van der Waals surface area contributed by atoms with Gasteiger partial charge in [-0.05, 0) is 31.0 Å². The second-order valence-corrected chi connectivity index (χ2v) is 7.20. The lowest BCUT2D eigenvalue weighted by Gasteiger charge is -2.35. The molecule has 1 N–H and O–H groups in total. The standard InChI is InChI=1S/C14H23N3OS/c1-14(2,9-16(3)4)10-17-12(18)8-15-13(17)11-6-5-7-19-11/h5-7,13,15H,8-10H2,1-4H3. The average Bonchev–Trinajstić information content (AvgIpc) is 2.87. The van der Waals surface area contributed by atoms with Gasteiger partial charge in [-0.3, -0.25) is 10.1 Å². The molecule has 19 heavy (non-hydrogen) atoms. The van der Waals surface area contributed by atoms with Crippen molar-refractivity contribution in [1.29, 1.82) is 0 Å². The zero-order valence-electron chi connectivity index (χ0n) is 12.1. The van der Waals surface area contributed by atoms with Gasteiger partial charge in [0.05, 0.1) is 6.54 Å². The van der Waals surface area contributed by atoms with E-state index < -0.39 is 0 Å². The first-order valence-electron chi connectivity index (χ1n) is 6.60. The van der Waals surface area contributed by atoms with Crippen LogP contribution in [0.1, 0.15) is 24.9 Å². The van der Waals surface area contributed by atoms with Gasteiger partial charge in [-0.2, -0.15) is 0 Å². The lowest BCUT2D eigenvalue weighted by molar-refractivity contribution is -0.129. The molecule has 0 spiro atoms. The van der Waals surface area contributed by atoms with Crippen LogP contribution in [0.5, 0.6) is 0 Å². The van der Waals surface area contributed by atoms with Crippen LogP contribution >= 0.6 is 11.3 Å². The van der Waals surface area contributed by atoms with Crippen LogP contribution in [0.15, 0.2) is 17.5 Å². The number of nitrogens with zero attached hydrogens (tertiary/aromatic N) is 2. The third kappa shape index (κ3) is 3.55. The summed E-state index contributed by atoms with van der Waals surface area (Å²) in [5, 5.41) is 5.37. The Morgan fingerprint density at radius 3 is 2.84 bits per heavy atom. The van der Waals surface area contributed by atoms with Gasteiger partial charge in [0.2, 0.25) is 5.91 Å². The third-order valence-corrected chi connectivity index (χ3v) is 4.16. The molecule has 2 rings (SSSR count). The quantitative estimate of drug-likeness (QED) is 0.893. The zero-order chi connectivity index (χ0) is 14.0. The minimum atomic E-state index is 0.0499. The maximum absolute atomic E-state index is 12.1. The van der Waals surface area contributed by atoms with Gasteiger partial charge in [-0.1, -0.05) is 19.9 Å². The van der Waals surface area contributed by atoms with Crippen LogP contribution in [0.2, 0.25) is 0 Å². The van der Waals surface area contributed by atoms with E-state index in [1.54, 1.807) is 11.3 Å². The van der Waals surface area contributed by atoms with Crippen molar-refractivity contribution >= 4 is 17.2 Å². The van der Waals surface area contributed by atoms with E-state index in [1.165, 1.54) is 4.88 Å². The highest BCUT2D eigenvalue weighted by molar-refractivity contribution is 7.10. The molecule has 4 nitrogen and oxygen atoms in total. The van der Waals surface area contributed by atoms with Gasteiger partial charge in [0.1, 0.15) is 6.17 Å². The molecule has 1 amide bonds. The number of amides is 1. The van der Waals surface area contributed by atoms with Crippen molar-refractivity contribution in [2.45, 2.75) is 20.0 Å². The van der Waals surface area contributed by atoms with E-state index in [0.29, 0.717) is 6.54 Å². The van der Waals surface area contributed by atoms with E-state index in [9.17, 15) is 4.79 Å². The topological polar surface area (TPSA) is 35.6 Å². The Labute approximate surface area is 119 Å². The van der Waals surface area contributed by atoms with Crippen LogP contribution in [0.4, 0.5) is 0 Å². The van der Waals surface area contributed by atoms with E-state index >= 15 is 0 Å². The van der Waals surface area contributed by atoms with Crippen LogP contribution < -0.4 is 5.32 Å². The maximum atomic E-state index is 12.1. The number of nitrogens with one attached hydrogen (secondary N) is 1. The molecule has 0 radical (unpaired) electrons. The number of thiophene rings is 1. The molecule has 0 bridgehead atoms. The summed E-state index contributed by atoms with van der Waals surface area (Å²) in [7, 11) is 4.14. The highest BCUT2D eigenvalue weighted by atomic mass is 32.1. The molecular formula is C14H23N3OS. The number of hydrogen-bond donors (Lipinski definition) is 1. The molecule has 0 saturated carbocycles. The molecule has 1 aromatic rings. The number of carbonyl (C=O) groups excluding carboxylic acids is 1. The van der Waals surface area contributed by atoms with Gasteiger partial charge in [0.15, 0.2) is 0 Å². The van der Waals surface area contributed by atoms with Crippen LogP contribution in [-0.2, 0) is 4.79 Å². The number of carbonyl (C=O) groups is 1. The van der Waals surface area contributed by atoms with Crippen LogP contribution in [0, 0.1) is 5.41 Å². The summed E-state index contributed by atoms with van der Waals surface area (Å²) in [6, 6.07) is 4.13. The summed E-state index contributed by atoms with van der Waals surface area (Å²) in [5.41, 5.74) is 0.0840. The van der Waals surface area contributed by atoms with E-state index in [4.69, 9.17) is 0 Å². The van der Waals surface area contributed by atoms with Crippen molar-refractivity contribution in [2.75, 3.05) is 33.7 Å². The molecule has 2 heterocycles. The summed E-state index contributed by atoms with van der Waals surface area (Å²) < 4.78 is 0. The van der Waals surface area contributed by atoms with Crippen molar-refractivity contribution in [3.63, 3.8) is 0 Å². The fourth-order valence-corrected chi connectivity index (χ4v) is 3.60. The summed E-state index contributed by atoms with van der Waals surface area (Å²) in [6.07, 6.45) is 0.0499. The van der Waals surface area contributed by atoms with Crippen molar-refractivity contribution in [2.24, 2.45) is 5.41 Å². The van der Waals surface area contributed by atoms with Crippen LogP contribution in [0.3, 0.4) is 0 Å². The monoisotopic (exact) mass is 281 g/mol. The van der Waals surface area contributed by atoms with E-state index in [1.807, 2.05) is 11.0 Å². The van der Waals surface area contributed by atoms with Gasteiger partial charge in [0.25, 0.3) is 0 Å². The maximum Gasteiger partial charge on any atom is 0.238 e. The fourth-order valence-electron chi connectivity index (χ4n) is 2.79. The lowest BCUT2D eigenvalue weighted by Crippen LogP contribution is -2.42. The summed E-state index contributed by atoms with van der Waals surface area (Å²) in [4.78, 5) is 17.5. The molecule has 5 heteroatoms. The molecule has 1 atom stereocenters. The minimum absolute atomic E-state index is 0.0499. The largest absolute Gasteiger partial charge is 0.320 e. The molecule has 1 unspecified atom stereocenters. The first kappa shape index (κ1) is 14.5. The van der Waals surface area contributed by atoms with Gasteiger partial charge in [0, 0.05) is 18.0 Å². The Hall–Kier alpha value is -0.910. The Morgan fingerprint density at radius 2 is 2.26 bits per heavy atom. The Bertz CT molecular complexity index is 428. The fraction of sp³-hybridized carbons (Fsp3) is 0.643. The van der Waals surface area contributed by atoms with Crippen LogP contribution in [0.25, 0.3) is 0 Å². The number of hydrogen-bond acceptors (Lipinski definition) is 4. The molecule has 106 valence electrons. The van der Waals surface area contributed by atoms with Crippen molar-refractivity contribution in [3.05, 3.63) is 22.4 Å². The van der Waals surface area contributed by atoms with Gasteiger partial charge in [-0.15, -0.1) is 11.3 Å². The predicted octanol–water partition coefficient (Wildman–Crippen LogP) is 1.77. The molecular weight excluding hydrogens is 258 g/mol. The predicted molar refractivity (Wildman–Crippen MR) is 79.1 cm³/mol. The van der Waals surface area contributed by atoms with Gasteiger partial charge in [-0.25, -0.2) is 0 Å². The third-order valence-electron chi connectivity index (χ3n) is 3.23. The van der Waals surface area contributed by atoms with Gasteiger partial charge >= 0.3 is 0 Å². The molecule has 1 fully saturated rings. The number of rotatable bonds is 5. The van der Waals surface area contributed by atoms with Crippen molar-refractivity contribution in [1.82, 2.24) is 15.1 Å². The van der Waals surface area contributed by atoms with Crippen LogP contribution in [-0.4, -0.2) is 49.4 Å². The Kier molecular flexibility index (Phi) is 4.28. The van der Waals surface area contributed by atoms with E-state index in [-0.39, 0.29) is 17.5 Å².